The van der Waals surface area contributed by atoms with Crippen LogP contribution in [0.3, 0.4) is 0 Å². The summed E-state index contributed by atoms with van der Waals surface area (Å²) < 4.78 is 13.3. The van der Waals surface area contributed by atoms with Gasteiger partial charge in [-0.25, -0.2) is 4.98 Å². The van der Waals surface area contributed by atoms with E-state index < -0.39 is 17.9 Å². The van der Waals surface area contributed by atoms with Crippen molar-refractivity contribution in [2.45, 2.75) is 46.1 Å². The van der Waals surface area contributed by atoms with Crippen LogP contribution in [-0.2, 0) is 14.3 Å². The van der Waals surface area contributed by atoms with E-state index in [2.05, 4.69) is 6.92 Å². The topological polar surface area (TPSA) is 73.7 Å². The van der Waals surface area contributed by atoms with Crippen LogP contribution in [0.25, 0.3) is 11.0 Å². The zero-order chi connectivity index (χ0) is 23.4. The minimum atomic E-state index is -1.03. The van der Waals surface area contributed by atoms with Crippen LogP contribution in [0.1, 0.15) is 51.6 Å². The number of fused-ring (bicyclic) bond motifs is 3. The summed E-state index contributed by atoms with van der Waals surface area (Å²) >= 11 is 0. The number of nitrogens with zero attached hydrogens (tertiary/aromatic N) is 3. The van der Waals surface area contributed by atoms with Crippen LogP contribution in [0.15, 0.2) is 48.5 Å². The lowest BCUT2D eigenvalue weighted by atomic mass is 9.88. The molecule has 1 aromatic heterocycles. The number of para-hydroxylation sites is 3. The molecule has 2 aromatic carbocycles. The fourth-order valence-corrected chi connectivity index (χ4v) is 4.57. The largest absolute Gasteiger partial charge is 0.494 e. The molecule has 1 aliphatic rings. The van der Waals surface area contributed by atoms with Gasteiger partial charge in [-0.05, 0) is 38.5 Å². The molecule has 0 N–H and O–H groups in total. The van der Waals surface area contributed by atoms with Crippen LogP contribution in [-0.4, -0.2) is 41.2 Å². The number of anilines is 1. The van der Waals surface area contributed by atoms with E-state index in [9.17, 15) is 9.59 Å². The summed E-state index contributed by atoms with van der Waals surface area (Å²) in [6.45, 7) is 6.98. The van der Waals surface area contributed by atoms with Crippen LogP contribution < -0.4 is 9.64 Å². The van der Waals surface area contributed by atoms with Gasteiger partial charge in [0.05, 0.1) is 30.3 Å². The van der Waals surface area contributed by atoms with Gasteiger partial charge in [0.2, 0.25) is 11.9 Å². The maximum Gasteiger partial charge on any atom is 0.321 e. The second-order valence-corrected chi connectivity index (χ2v) is 8.11. The van der Waals surface area contributed by atoms with Crippen molar-refractivity contribution < 1.29 is 19.1 Å². The number of imidazole rings is 1. The van der Waals surface area contributed by atoms with Crippen LogP contribution in [0.5, 0.6) is 5.75 Å². The van der Waals surface area contributed by atoms with Crippen LogP contribution in [0.2, 0.25) is 0 Å². The van der Waals surface area contributed by atoms with Gasteiger partial charge in [0.25, 0.3) is 0 Å². The van der Waals surface area contributed by atoms with Crippen LogP contribution in [0, 0.1) is 5.92 Å². The van der Waals surface area contributed by atoms with E-state index in [4.69, 9.17) is 14.5 Å². The first-order valence-corrected chi connectivity index (χ1v) is 11.8. The van der Waals surface area contributed by atoms with Gasteiger partial charge in [-0.3, -0.25) is 14.5 Å². The second-order valence-electron chi connectivity index (χ2n) is 8.11. The first kappa shape index (κ1) is 22.8. The van der Waals surface area contributed by atoms with Gasteiger partial charge < -0.3 is 14.0 Å². The maximum atomic E-state index is 13.9. The molecule has 0 fully saturated rings. The van der Waals surface area contributed by atoms with Crippen molar-refractivity contribution in [3.63, 3.8) is 0 Å². The number of ether oxygens (including phenoxy) is 2. The number of hydrogen-bond donors (Lipinski definition) is 0. The van der Waals surface area contributed by atoms with Crippen LogP contribution >= 0.6 is 0 Å². The summed E-state index contributed by atoms with van der Waals surface area (Å²) in [6.07, 6.45) is 2.86. The molecule has 0 saturated heterocycles. The Labute approximate surface area is 194 Å². The zero-order valence-corrected chi connectivity index (χ0v) is 19.5. The fraction of sp³-hybridized carbons (Fsp3) is 0.423. The average molecular weight is 450 g/mol. The molecule has 174 valence electrons. The Hall–Kier alpha value is -3.35. The molecular formula is C26H31N3O4. The number of esters is 1. The Morgan fingerprint density at radius 2 is 1.76 bits per heavy atom. The molecule has 33 heavy (non-hydrogen) atoms. The first-order chi connectivity index (χ1) is 16.1. The standard InChI is InChI=1S/C26H31N3O4/c1-4-7-12-17-28-24(30)22(25(31)33-6-3)23(18-13-8-11-16-21(18)32-5-2)29-20-15-10-9-14-19(20)27-26(28)29/h8-11,13-16,22-23H,4-7,12,17H2,1-3H3/t22-,23+/m1/s1. The summed E-state index contributed by atoms with van der Waals surface area (Å²) in [4.78, 5) is 33.6. The summed E-state index contributed by atoms with van der Waals surface area (Å²) in [5, 5.41) is 0. The Morgan fingerprint density at radius 3 is 2.52 bits per heavy atom. The molecule has 0 spiro atoms. The molecule has 3 aromatic rings. The molecule has 1 aliphatic heterocycles. The van der Waals surface area contributed by atoms with E-state index in [0.29, 0.717) is 24.8 Å². The van der Waals surface area contributed by atoms with E-state index >= 15 is 0 Å². The van der Waals surface area contributed by atoms with Gasteiger partial charge in [0.1, 0.15) is 5.75 Å². The normalized spacial score (nSPS) is 17.8. The quantitative estimate of drug-likeness (QED) is 0.268. The SMILES string of the molecule is CCCCCN1C(=O)[C@H](C(=O)OCC)[C@H](c2ccccc2OCC)n2c1nc1ccccc12. The molecule has 0 unspecified atom stereocenters. The minimum Gasteiger partial charge on any atom is -0.494 e. The third kappa shape index (κ3) is 4.19. The van der Waals surface area contributed by atoms with Gasteiger partial charge in [0, 0.05) is 12.1 Å². The number of benzene rings is 2. The number of carbonyl (C=O) groups excluding carboxylic acids is 2. The highest BCUT2D eigenvalue weighted by molar-refractivity contribution is 6.08. The van der Waals surface area contributed by atoms with Gasteiger partial charge in [-0.2, -0.15) is 0 Å². The van der Waals surface area contributed by atoms with E-state index in [0.717, 1.165) is 35.9 Å². The van der Waals surface area contributed by atoms with Crippen molar-refractivity contribution in [2.24, 2.45) is 5.92 Å². The fourth-order valence-electron chi connectivity index (χ4n) is 4.57. The van der Waals surface area contributed by atoms with E-state index in [1.807, 2.05) is 60.0 Å². The lowest BCUT2D eigenvalue weighted by molar-refractivity contribution is -0.153. The molecule has 7 heteroatoms. The minimum absolute atomic E-state index is 0.204. The van der Waals surface area contributed by atoms with Crippen molar-refractivity contribution >= 4 is 28.9 Å². The van der Waals surface area contributed by atoms with E-state index in [-0.39, 0.29) is 12.5 Å². The smallest absolute Gasteiger partial charge is 0.321 e. The lowest BCUT2D eigenvalue weighted by Gasteiger charge is -2.38. The molecule has 2 atom stereocenters. The van der Waals surface area contributed by atoms with Gasteiger partial charge in [-0.1, -0.05) is 50.1 Å². The summed E-state index contributed by atoms with van der Waals surface area (Å²) in [6, 6.07) is 14.7. The molecule has 0 radical (unpaired) electrons. The maximum absolute atomic E-state index is 13.9. The molecule has 4 rings (SSSR count). The first-order valence-electron chi connectivity index (χ1n) is 11.8. The van der Waals surface area contributed by atoms with Crippen molar-refractivity contribution in [1.29, 1.82) is 0 Å². The molecule has 0 saturated carbocycles. The number of aromatic nitrogens is 2. The van der Waals surface area contributed by atoms with Crippen molar-refractivity contribution in [3.05, 3.63) is 54.1 Å². The van der Waals surface area contributed by atoms with Crippen LogP contribution in [0.4, 0.5) is 5.95 Å². The number of hydrogen-bond acceptors (Lipinski definition) is 5. The molecule has 0 bridgehead atoms. The number of rotatable bonds is 9. The monoisotopic (exact) mass is 449 g/mol. The lowest BCUT2D eigenvalue weighted by Crippen LogP contribution is -2.50. The van der Waals surface area contributed by atoms with E-state index in [1.54, 1.807) is 11.8 Å². The Kier molecular flexibility index (Phi) is 6.96. The van der Waals surface area contributed by atoms with Gasteiger partial charge in [0.15, 0.2) is 5.92 Å². The number of carbonyl (C=O) groups is 2. The third-order valence-corrected chi connectivity index (χ3v) is 6.01. The highest BCUT2D eigenvalue weighted by Crippen LogP contribution is 2.43. The number of amides is 1. The predicted molar refractivity (Wildman–Crippen MR) is 127 cm³/mol. The average Bonchev–Trinajstić information content (AvgIpc) is 3.20. The molecule has 0 aliphatic carbocycles. The highest BCUT2D eigenvalue weighted by Gasteiger charge is 2.48. The van der Waals surface area contributed by atoms with Gasteiger partial charge in [-0.15, -0.1) is 0 Å². The Morgan fingerprint density at radius 1 is 1.00 bits per heavy atom. The summed E-state index contributed by atoms with van der Waals surface area (Å²) in [7, 11) is 0. The summed E-state index contributed by atoms with van der Waals surface area (Å²) in [5.74, 6) is -0.617. The zero-order valence-electron chi connectivity index (χ0n) is 19.5. The van der Waals surface area contributed by atoms with Crippen molar-refractivity contribution in [1.82, 2.24) is 9.55 Å². The number of unbranched alkanes of at least 4 members (excludes halogenated alkanes) is 2. The van der Waals surface area contributed by atoms with E-state index in [1.165, 1.54) is 0 Å². The molecule has 2 heterocycles. The molecular weight excluding hydrogens is 418 g/mol. The Balaban J connectivity index is 1.96. The second kappa shape index (κ2) is 10.1. The highest BCUT2D eigenvalue weighted by atomic mass is 16.5. The van der Waals surface area contributed by atoms with Crippen molar-refractivity contribution in [2.75, 3.05) is 24.7 Å². The predicted octanol–water partition coefficient (Wildman–Crippen LogP) is 4.74. The Bertz CT molecular complexity index is 1140. The third-order valence-electron chi connectivity index (χ3n) is 6.01. The molecule has 7 nitrogen and oxygen atoms in total. The van der Waals surface area contributed by atoms with Crippen molar-refractivity contribution in [3.8, 4) is 5.75 Å². The van der Waals surface area contributed by atoms with Gasteiger partial charge >= 0.3 is 5.97 Å². The molecule has 1 amide bonds. The summed E-state index contributed by atoms with van der Waals surface area (Å²) in [5.41, 5.74) is 2.42.